The van der Waals surface area contributed by atoms with E-state index in [4.69, 9.17) is 0 Å². The monoisotopic (exact) mass is 364 g/mol. The fourth-order valence-corrected chi connectivity index (χ4v) is 4.02. The van der Waals surface area contributed by atoms with Crippen LogP contribution < -0.4 is 0 Å². The van der Waals surface area contributed by atoms with E-state index in [9.17, 15) is 4.79 Å². The number of aryl methyl sites for hydroxylation is 1. The summed E-state index contributed by atoms with van der Waals surface area (Å²) in [4.78, 5) is 17.3. The molecule has 0 saturated carbocycles. The number of piperazine rings is 1. The molecule has 5 nitrogen and oxygen atoms in total. The second-order valence-electron chi connectivity index (χ2n) is 7.50. The third-order valence-corrected chi connectivity index (χ3v) is 5.64. The maximum absolute atomic E-state index is 13.0. The molecule has 0 atom stereocenters. The van der Waals surface area contributed by atoms with Crippen molar-refractivity contribution in [2.45, 2.75) is 32.1 Å². The lowest BCUT2D eigenvalue weighted by atomic mass is 10.1. The van der Waals surface area contributed by atoms with Gasteiger partial charge in [0.05, 0.1) is 0 Å². The van der Waals surface area contributed by atoms with E-state index in [1.165, 1.54) is 29.7 Å². The van der Waals surface area contributed by atoms with Gasteiger partial charge in [0.2, 0.25) is 0 Å². The van der Waals surface area contributed by atoms with Gasteiger partial charge in [-0.2, -0.15) is 5.10 Å². The summed E-state index contributed by atoms with van der Waals surface area (Å²) in [5, 5.41) is 7.50. The van der Waals surface area contributed by atoms with Crippen LogP contribution in [-0.2, 0) is 12.8 Å². The fraction of sp³-hybridized carbons (Fsp3) is 0.455. The van der Waals surface area contributed by atoms with Gasteiger partial charge < -0.3 is 4.90 Å². The van der Waals surface area contributed by atoms with E-state index in [-0.39, 0.29) is 5.91 Å². The van der Waals surface area contributed by atoms with Gasteiger partial charge in [-0.3, -0.25) is 14.8 Å². The summed E-state index contributed by atoms with van der Waals surface area (Å²) in [7, 11) is 0. The number of nitrogens with one attached hydrogen (secondary N) is 1. The van der Waals surface area contributed by atoms with Gasteiger partial charge in [-0.1, -0.05) is 48.9 Å². The van der Waals surface area contributed by atoms with Crippen molar-refractivity contribution in [2.75, 3.05) is 32.7 Å². The van der Waals surface area contributed by atoms with E-state index in [1.54, 1.807) is 0 Å². The molecule has 1 aliphatic heterocycles. The number of hydrogen-bond acceptors (Lipinski definition) is 3. The molecule has 1 aliphatic carbocycles. The molecule has 1 aromatic heterocycles. The molecule has 27 heavy (non-hydrogen) atoms. The number of aromatic nitrogens is 2. The zero-order valence-electron chi connectivity index (χ0n) is 15.9. The van der Waals surface area contributed by atoms with Crippen molar-refractivity contribution >= 4 is 12.0 Å². The zero-order chi connectivity index (χ0) is 18.5. The average Bonchev–Trinajstić information content (AvgIpc) is 2.97. The number of H-pyrrole nitrogens is 1. The predicted octanol–water partition coefficient (Wildman–Crippen LogP) is 3.15. The summed E-state index contributed by atoms with van der Waals surface area (Å²) in [6.45, 7) is 4.31. The maximum Gasteiger partial charge on any atom is 0.274 e. The molecule has 0 bridgehead atoms. The summed E-state index contributed by atoms with van der Waals surface area (Å²) in [5.74, 6) is 0.105. The van der Waals surface area contributed by atoms with Gasteiger partial charge in [0.25, 0.3) is 5.91 Å². The molecule has 1 saturated heterocycles. The first-order chi connectivity index (χ1) is 13.3. The van der Waals surface area contributed by atoms with E-state index in [1.807, 2.05) is 11.0 Å². The molecule has 1 N–H and O–H groups in total. The lowest BCUT2D eigenvalue weighted by Gasteiger charge is -2.34. The van der Waals surface area contributed by atoms with Crippen LogP contribution in [0.1, 0.15) is 46.6 Å². The largest absolute Gasteiger partial charge is 0.335 e. The van der Waals surface area contributed by atoms with Crippen molar-refractivity contribution in [1.29, 1.82) is 0 Å². The zero-order valence-corrected chi connectivity index (χ0v) is 15.9. The first kappa shape index (κ1) is 18.0. The van der Waals surface area contributed by atoms with Crippen molar-refractivity contribution < 1.29 is 4.79 Å². The molecule has 0 spiro atoms. The van der Waals surface area contributed by atoms with Crippen LogP contribution in [0.25, 0.3) is 6.08 Å². The predicted molar refractivity (Wildman–Crippen MR) is 108 cm³/mol. The minimum atomic E-state index is 0.105. The number of amides is 1. The third kappa shape index (κ3) is 4.30. The molecule has 2 aliphatic rings. The van der Waals surface area contributed by atoms with Gasteiger partial charge >= 0.3 is 0 Å². The first-order valence-corrected chi connectivity index (χ1v) is 10.1. The Morgan fingerprint density at radius 2 is 1.81 bits per heavy atom. The number of rotatable bonds is 4. The molecule has 2 aromatic rings. The number of fused-ring (bicyclic) bond motifs is 1. The molecule has 2 heterocycles. The Kier molecular flexibility index (Phi) is 5.68. The molecule has 1 fully saturated rings. The minimum absolute atomic E-state index is 0.105. The molecular formula is C22H28N4O. The van der Waals surface area contributed by atoms with Crippen LogP contribution in [-0.4, -0.2) is 58.6 Å². The molecule has 5 heteroatoms. The van der Waals surface area contributed by atoms with Gasteiger partial charge in [0.1, 0.15) is 0 Å². The summed E-state index contributed by atoms with van der Waals surface area (Å²) in [6.07, 6.45) is 9.98. The van der Waals surface area contributed by atoms with Crippen LogP contribution in [0, 0.1) is 0 Å². The fourth-order valence-electron chi connectivity index (χ4n) is 4.02. The minimum Gasteiger partial charge on any atom is -0.335 e. The Balaban J connectivity index is 1.31. The molecular weight excluding hydrogens is 336 g/mol. The standard InChI is InChI=1S/C22H28N4O/c27-22(21-19-11-5-2-6-12-20(19)23-24-21)26-16-14-25(15-17-26)13-7-10-18-8-3-1-4-9-18/h1,3-4,7-10H,2,5-6,11-17H2,(H,23,24)/b10-7+. The van der Waals surface area contributed by atoms with Crippen LogP contribution in [0.15, 0.2) is 36.4 Å². The molecule has 0 radical (unpaired) electrons. The van der Waals surface area contributed by atoms with E-state index in [2.05, 4.69) is 51.5 Å². The van der Waals surface area contributed by atoms with E-state index in [0.29, 0.717) is 5.69 Å². The Morgan fingerprint density at radius 1 is 1.04 bits per heavy atom. The second-order valence-corrected chi connectivity index (χ2v) is 7.50. The first-order valence-electron chi connectivity index (χ1n) is 10.1. The lowest BCUT2D eigenvalue weighted by molar-refractivity contribution is 0.0643. The SMILES string of the molecule is O=C(c1n[nH]c2c1CCCCC2)N1CCN(C/C=C/c2ccccc2)CC1. The third-order valence-electron chi connectivity index (χ3n) is 5.64. The number of carbonyl (C=O) groups is 1. The summed E-state index contributed by atoms with van der Waals surface area (Å²) in [6, 6.07) is 10.4. The molecule has 1 aromatic carbocycles. The van der Waals surface area contributed by atoms with E-state index in [0.717, 1.165) is 52.0 Å². The van der Waals surface area contributed by atoms with Gasteiger partial charge in [0.15, 0.2) is 5.69 Å². The van der Waals surface area contributed by atoms with Crippen LogP contribution >= 0.6 is 0 Å². The van der Waals surface area contributed by atoms with Gasteiger partial charge in [-0.25, -0.2) is 0 Å². The van der Waals surface area contributed by atoms with Crippen LogP contribution in [0.3, 0.4) is 0 Å². The number of hydrogen-bond donors (Lipinski definition) is 1. The van der Waals surface area contributed by atoms with Crippen molar-refractivity contribution in [3.8, 4) is 0 Å². The maximum atomic E-state index is 13.0. The highest BCUT2D eigenvalue weighted by molar-refractivity contribution is 5.94. The Morgan fingerprint density at radius 3 is 2.63 bits per heavy atom. The van der Waals surface area contributed by atoms with Crippen molar-refractivity contribution in [1.82, 2.24) is 20.0 Å². The number of aromatic amines is 1. The molecule has 4 rings (SSSR count). The highest BCUT2D eigenvalue weighted by Crippen LogP contribution is 2.23. The Labute approximate surface area is 161 Å². The van der Waals surface area contributed by atoms with Gasteiger partial charge in [-0.15, -0.1) is 0 Å². The molecule has 142 valence electrons. The quantitative estimate of drug-likeness (QED) is 0.848. The highest BCUT2D eigenvalue weighted by atomic mass is 16.2. The second kappa shape index (κ2) is 8.53. The van der Waals surface area contributed by atoms with Gasteiger partial charge in [0, 0.05) is 44.0 Å². The van der Waals surface area contributed by atoms with Crippen molar-refractivity contribution in [3.05, 3.63) is 58.9 Å². The lowest BCUT2D eigenvalue weighted by Crippen LogP contribution is -2.48. The summed E-state index contributed by atoms with van der Waals surface area (Å²) in [5.41, 5.74) is 4.25. The van der Waals surface area contributed by atoms with E-state index >= 15 is 0 Å². The highest BCUT2D eigenvalue weighted by Gasteiger charge is 2.27. The van der Waals surface area contributed by atoms with Crippen LogP contribution in [0.2, 0.25) is 0 Å². The van der Waals surface area contributed by atoms with Crippen LogP contribution in [0.4, 0.5) is 0 Å². The van der Waals surface area contributed by atoms with Crippen molar-refractivity contribution in [3.63, 3.8) is 0 Å². The normalized spacial score (nSPS) is 18.4. The summed E-state index contributed by atoms with van der Waals surface area (Å²) < 4.78 is 0. The van der Waals surface area contributed by atoms with E-state index < -0.39 is 0 Å². The topological polar surface area (TPSA) is 52.2 Å². The van der Waals surface area contributed by atoms with Gasteiger partial charge in [-0.05, 0) is 31.2 Å². The number of benzene rings is 1. The average molecular weight is 364 g/mol. The molecule has 0 unspecified atom stereocenters. The smallest absolute Gasteiger partial charge is 0.274 e. The Hall–Kier alpha value is -2.40. The van der Waals surface area contributed by atoms with Crippen LogP contribution in [0.5, 0.6) is 0 Å². The molecule has 1 amide bonds. The number of nitrogens with zero attached hydrogens (tertiary/aromatic N) is 3. The summed E-state index contributed by atoms with van der Waals surface area (Å²) >= 11 is 0. The van der Waals surface area contributed by atoms with Crippen molar-refractivity contribution in [2.24, 2.45) is 0 Å². The number of carbonyl (C=O) groups excluding carboxylic acids is 1. The Bertz CT molecular complexity index is 788.